The average molecular weight is 364 g/mol. The number of anilines is 1. The van der Waals surface area contributed by atoms with E-state index in [-0.39, 0.29) is 10.8 Å². The molecule has 1 aromatic heterocycles. The Morgan fingerprint density at radius 3 is 2.79 bits per heavy atom. The number of aryl methyl sites for hydroxylation is 1. The zero-order valence-electron chi connectivity index (χ0n) is 9.80. The van der Waals surface area contributed by atoms with Crippen LogP contribution in [-0.2, 0) is 6.42 Å². The van der Waals surface area contributed by atoms with Gasteiger partial charge in [0.1, 0.15) is 5.82 Å². The van der Waals surface area contributed by atoms with Gasteiger partial charge in [-0.25, -0.2) is 4.98 Å². The van der Waals surface area contributed by atoms with Crippen molar-refractivity contribution in [2.24, 2.45) is 0 Å². The fourth-order valence-corrected chi connectivity index (χ4v) is 2.18. The first-order valence-corrected chi connectivity index (χ1v) is 6.94. The quantitative estimate of drug-likeness (QED) is 0.817. The fourth-order valence-electron chi connectivity index (χ4n) is 1.36. The lowest BCUT2D eigenvalue weighted by molar-refractivity contribution is 0.101. The summed E-state index contributed by atoms with van der Waals surface area (Å²) in [6.07, 6.45) is 0.672. The summed E-state index contributed by atoms with van der Waals surface area (Å²) in [7, 11) is 0. The van der Waals surface area contributed by atoms with E-state index in [9.17, 15) is 4.79 Å². The third kappa shape index (κ3) is 3.08. The molecule has 100 valence electrons. The standard InChI is InChI=1S/C11H9BrCl2N4O/c1-2-7-16-10(18-17-7)11(19)15-6-4-3-5(12)8(13)9(6)14/h3-4H,2H2,1H3,(H,15,19)(H,16,17,18). The summed E-state index contributed by atoms with van der Waals surface area (Å²) in [5, 5.41) is 9.70. The summed E-state index contributed by atoms with van der Waals surface area (Å²) in [6.45, 7) is 1.91. The molecule has 0 aliphatic rings. The molecular formula is C11H9BrCl2N4O. The summed E-state index contributed by atoms with van der Waals surface area (Å²) < 4.78 is 0.656. The van der Waals surface area contributed by atoms with E-state index in [0.717, 1.165) is 0 Å². The molecule has 0 aliphatic carbocycles. The molecule has 2 rings (SSSR count). The molecule has 0 spiro atoms. The Bertz CT molecular complexity index is 629. The van der Waals surface area contributed by atoms with Crippen molar-refractivity contribution in [2.45, 2.75) is 13.3 Å². The number of nitrogens with one attached hydrogen (secondary N) is 2. The van der Waals surface area contributed by atoms with E-state index >= 15 is 0 Å². The van der Waals surface area contributed by atoms with Crippen molar-refractivity contribution >= 4 is 50.7 Å². The minimum atomic E-state index is -0.448. The van der Waals surface area contributed by atoms with Gasteiger partial charge in [-0.1, -0.05) is 30.1 Å². The van der Waals surface area contributed by atoms with Crippen LogP contribution in [0.25, 0.3) is 0 Å². The predicted octanol–water partition coefficient (Wildman–Crippen LogP) is 3.69. The lowest BCUT2D eigenvalue weighted by atomic mass is 10.3. The molecule has 0 fully saturated rings. The van der Waals surface area contributed by atoms with Crippen molar-refractivity contribution in [1.29, 1.82) is 0 Å². The fraction of sp³-hybridized carbons (Fsp3) is 0.182. The summed E-state index contributed by atoms with van der Waals surface area (Å²) in [6, 6.07) is 3.34. The molecule has 1 heterocycles. The van der Waals surface area contributed by atoms with Crippen LogP contribution in [-0.4, -0.2) is 21.1 Å². The average Bonchev–Trinajstić information content (AvgIpc) is 2.88. The third-order valence-electron chi connectivity index (χ3n) is 2.35. The summed E-state index contributed by atoms with van der Waals surface area (Å²) in [4.78, 5) is 16.0. The first-order chi connectivity index (χ1) is 9.02. The van der Waals surface area contributed by atoms with Crippen LogP contribution < -0.4 is 5.32 Å². The molecule has 19 heavy (non-hydrogen) atoms. The molecule has 1 aromatic carbocycles. The molecule has 0 atom stereocenters. The van der Waals surface area contributed by atoms with Crippen LogP contribution in [0.2, 0.25) is 10.0 Å². The van der Waals surface area contributed by atoms with Crippen molar-refractivity contribution in [3.63, 3.8) is 0 Å². The van der Waals surface area contributed by atoms with Gasteiger partial charge in [-0.3, -0.25) is 9.89 Å². The number of carbonyl (C=O) groups is 1. The second-order valence-corrected chi connectivity index (χ2v) is 5.25. The molecule has 5 nitrogen and oxygen atoms in total. The van der Waals surface area contributed by atoms with Gasteiger partial charge in [0.2, 0.25) is 5.82 Å². The Labute approximate surface area is 127 Å². The lowest BCUT2D eigenvalue weighted by Crippen LogP contribution is -2.14. The van der Waals surface area contributed by atoms with E-state index in [1.165, 1.54) is 0 Å². The number of rotatable bonds is 3. The largest absolute Gasteiger partial charge is 0.318 e. The van der Waals surface area contributed by atoms with Crippen LogP contribution in [0.15, 0.2) is 16.6 Å². The van der Waals surface area contributed by atoms with Gasteiger partial charge in [0.25, 0.3) is 5.91 Å². The number of halogens is 3. The van der Waals surface area contributed by atoms with Crippen molar-refractivity contribution in [2.75, 3.05) is 5.32 Å². The van der Waals surface area contributed by atoms with Crippen LogP contribution in [0.3, 0.4) is 0 Å². The van der Waals surface area contributed by atoms with Gasteiger partial charge in [-0.2, -0.15) is 0 Å². The molecule has 1 amide bonds. The van der Waals surface area contributed by atoms with E-state index in [1.807, 2.05) is 6.92 Å². The normalized spacial score (nSPS) is 10.5. The summed E-state index contributed by atoms with van der Waals surface area (Å²) in [5.41, 5.74) is 0.405. The number of aromatic amines is 1. The second-order valence-electron chi connectivity index (χ2n) is 3.64. The summed E-state index contributed by atoms with van der Waals surface area (Å²) >= 11 is 15.3. The van der Waals surface area contributed by atoms with E-state index in [1.54, 1.807) is 12.1 Å². The first kappa shape index (κ1) is 14.3. The molecule has 2 aromatic rings. The predicted molar refractivity (Wildman–Crippen MR) is 77.9 cm³/mol. The van der Waals surface area contributed by atoms with Gasteiger partial charge in [0.15, 0.2) is 0 Å². The van der Waals surface area contributed by atoms with E-state index in [4.69, 9.17) is 23.2 Å². The highest BCUT2D eigenvalue weighted by molar-refractivity contribution is 9.10. The topological polar surface area (TPSA) is 70.7 Å². The number of aromatic nitrogens is 3. The van der Waals surface area contributed by atoms with E-state index < -0.39 is 5.91 Å². The van der Waals surface area contributed by atoms with Gasteiger partial charge in [-0.15, -0.1) is 5.10 Å². The van der Waals surface area contributed by atoms with Crippen LogP contribution in [0.1, 0.15) is 23.4 Å². The highest BCUT2D eigenvalue weighted by atomic mass is 79.9. The van der Waals surface area contributed by atoms with Crippen LogP contribution in [0, 0.1) is 0 Å². The van der Waals surface area contributed by atoms with Gasteiger partial charge < -0.3 is 5.32 Å². The highest BCUT2D eigenvalue weighted by Crippen LogP contribution is 2.35. The highest BCUT2D eigenvalue weighted by Gasteiger charge is 2.15. The van der Waals surface area contributed by atoms with Crippen molar-refractivity contribution in [1.82, 2.24) is 15.2 Å². The Morgan fingerprint density at radius 1 is 1.42 bits per heavy atom. The smallest absolute Gasteiger partial charge is 0.295 e. The molecular weight excluding hydrogens is 355 g/mol. The van der Waals surface area contributed by atoms with Gasteiger partial charge in [0.05, 0.1) is 15.7 Å². The molecule has 0 aliphatic heterocycles. The number of benzene rings is 1. The first-order valence-electron chi connectivity index (χ1n) is 5.39. The zero-order valence-corrected chi connectivity index (χ0v) is 12.9. The van der Waals surface area contributed by atoms with Crippen molar-refractivity contribution in [3.8, 4) is 0 Å². The number of hydrogen-bond acceptors (Lipinski definition) is 3. The Balaban J connectivity index is 2.21. The zero-order chi connectivity index (χ0) is 14.0. The van der Waals surface area contributed by atoms with Crippen LogP contribution in [0.5, 0.6) is 0 Å². The lowest BCUT2D eigenvalue weighted by Gasteiger charge is -2.07. The maximum atomic E-state index is 11.9. The molecule has 0 saturated carbocycles. The Kier molecular flexibility index (Phi) is 4.44. The molecule has 0 bridgehead atoms. The molecule has 2 N–H and O–H groups in total. The van der Waals surface area contributed by atoms with Gasteiger partial charge >= 0.3 is 0 Å². The van der Waals surface area contributed by atoms with E-state index in [2.05, 4.69) is 36.4 Å². The van der Waals surface area contributed by atoms with E-state index in [0.29, 0.717) is 27.4 Å². The minimum Gasteiger partial charge on any atom is -0.318 e. The molecule has 0 saturated heterocycles. The SMILES string of the molecule is CCc1nc(C(=O)Nc2ccc(Br)c(Cl)c2Cl)n[nH]1. The Morgan fingerprint density at radius 2 is 2.16 bits per heavy atom. The summed E-state index contributed by atoms with van der Waals surface area (Å²) in [5.74, 6) is 0.258. The van der Waals surface area contributed by atoms with Crippen LogP contribution in [0.4, 0.5) is 5.69 Å². The number of hydrogen-bond donors (Lipinski definition) is 2. The molecule has 0 unspecified atom stereocenters. The maximum Gasteiger partial charge on any atom is 0.295 e. The van der Waals surface area contributed by atoms with Crippen molar-refractivity contribution < 1.29 is 4.79 Å². The number of nitrogens with zero attached hydrogens (tertiary/aromatic N) is 2. The van der Waals surface area contributed by atoms with Crippen LogP contribution >= 0.6 is 39.1 Å². The number of H-pyrrole nitrogens is 1. The van der Waals surface area contributed by atoms with Gasteiger partial charge in [-0.05, 0) is 28.1 Å². The second kappa shape index (κ2) is 5.90. The minimum absolute atomic E-state index is 0.0620. The maximum absolute atomic E-state index is 11.9. The monoisotopic (exact) mass is 362 g/mol. The Hall–Kier alpha value is -1.11. The molecule has 8 heteroatoms. The van der Waals surface area contributed by atoms with Gasteiger partial charge in [0, 0.05) is 10.9 Å². The third-order valence-corrected chi connectivity index (χ3v) is 4.12. The number of carbonyl (C=O) groups excluding carboxylic acids is 1. The number of amides is 1. The van der Waals surface area contributed by atoms with Crippen molar-refractivity contribution in [3.05, 3.63) is 38.3 Å². The molecule has 0 radical (unpaired) electrons.